The fraction of sp³-hybridized carbons (Fsp3) is 0.522. The molecule has 1 aromatic rings. The second-order valence-corrected chi connectivity index (χ2v) is 9.52. The number of esters is 1. The van der Waals surface area contributed by atoms with E-state index in [1.165, 1.54) is 0 Å². The number of fused-ring (bicyclic) bond motifs is 1. The maximum Gasteiger partial charge on any atom is 0.313 e. The van der Waals surface area contributed by atoms with Crippen molar-refractivity contribution in [1.82, 2.24) is 5.32 Å². The summed E-state index contributed by atoms with van der Waals surface area (Å²) in [5.74, 6) is -2.49. The Morgan fingerprint density at radius 2 is 2.03 bits per heavy atom. The number of aryl methyl sites for hydroxylation is 2. The van der Waals surface area contributed by atoms with Crippen molar-refractivity contribution in [2.24, 2.45) is 11.8 Å². The molecule has 4 rings (SSSR count). The van der Waals surface area contributed by atoms with Gasteiger partial charge in [0.25, 0.3) is 5.91 Å². The Morgan fingerprint density at radius 3 is 2.70 bits per heavy atom. The Hall–Kier alpha value is -2.67. The summed E-state index contributed by atoms with van der Waals surface area (Å²) in [6.07, 6.45) is 3.23. The molecule has 0 unspecified atom stereocenters. The van der Waals surface area contributed by atoms with E-state index in [4.69, 9.17) is 9.47 Å². The number of rotatable bonds is 4. The number of nitrogens with zero attached hydrogens (tertiary/aromatic N) is 1. The molecule has 2 saturated heterocycles. The molecule has 0 aromatic heterocycles. The Morgan fingerprint density at radius 1 is 1.30 bits per heavy atom. The van der Waals surface area contributed by atoms with Crippen molar-refractivity contribution < 1.29 is 23.9 Å². The molecule has 3 heterocycles. The highest BCUT2D eigenvalue weighted by Crippen LogP contribution is 2.53. The number of ether oxygens (including phenoxy) is 2. The SMILES string of the molecule is Cc1ccc(N2C[C@]34C=C[C@@H](O3)[C@H](C(=O)OCC(=O)NC(C)(C)C)[C@@H]4C2=O)c(C)c1. The molecular formula is C23H28N2O5. The molecule has 0 radical (unpaired) electrons. The van der Waals surface area contributed by atoms with Crippen molar-refractivity contribution in [2.75, 3.05) is 18.1 Å². The Kier molecular flexibility index (Phi) is 4.77. The van der Waals surface area contributed by atoms with Crippen LogP contribution in [0.3, 0.4) is 0 Å². The van der Waals surface area contributed by atoms with Crippen LogP contribution in [0.5, 0.6) is 0 Å². The van der Waals surface area contributed by atoms with Crippen LogP contribution in [-0.2, 0) is 23.9 Å². The first kappa shape index (κ1) is 20.6. The summed E-state index contributed by atoms with van der Waals surface area (Å²) < 4.78 is 11.4. The lowest BCUT2D eigenvalue weighted by Gasteiger charge is -2.24. The topological polar surface area (TPSA) is 84.9 Å². The van der Waals surface area contributed by atoms with Crippen LogP contribution < -0.4 is 10.2 Å². The van der Waals surface area contributed by atoms with E-state index >= 15 is 0 Å². The molecule has 1 aromatic carbocycles. The van der Waals surface area contributed by atoms with Gasteiger partial charge in [0.1, 0.15) is 11.5 Å². The summed E-state index contributed by atoms with van der Waals surface area (Å²) in [6.45, 7) is 9.51. The van der Waals surface area contributed by atoms with Crippen LogP contribution >= 0.6 is 0 Å². The fourth-order valence-electron chi connectivity index (χ4n) is 4.77. The molecule has 3 aliphatic rings. The van der Waals surface area contributed by atoms with Gasteiger partial charge in [-0.25, -0.2) is 0 Å². The number of anilines is 1. The second kappa shape index (κ2) is 6.94. The van der Waals surface area contributed by atoms with E-state index in [0.29, 0.717) is 6.54 Å². The molecule has 30 heavy (non-hydrogen) atoms. The molecule has 160 valence electrons. The van der Waals surface area contributed by atoms with Crippen molar-refractivity contribution in [2.45, 2.75) is 51.9 Å². The maximum absolute atomic E-state index is 13.4. The molecule has 4 atom stereocenters. The minimum absolute atomic E-state index is 0.144. The molecule has 0 aliphatic carbocycles. The van der Waals surface area contributed by atoms with E-state index in [9.17, 15) is 14.4 Å². The molecule has 7 heteroatoms. The highest BCUT2D eigenvalue weighted by molar-refractivity contribution is 6.03. The highest BCUT2D eigenvalue weighted by atomic mass is 16.6. The van der Waals surface area contributed by atoms with E-state index in [0.717, 1.165) is 16.8 Å². The Bertz CT molecular complexity index is 947. The second-order valence-electron chi connectivity index (χ2n) is 9.52. The average molecular weight is 412 g/mol. The minimum atomic E-state index is -0.823. The molecule has 0 saturated carbocycles. The van der Waals surface area contributed by atoms with Gasteiger partial charge in [0, 0.05) is 11.2 Å². The van der Waals surface area contributed by atoms with Crippen LogP contribution in [-0.4, -0.2) is 48.2 Å². The lowest BCUT2D eigenvalue weighted by atomic mass is 9.77. The number of carbonyl (C=O) groups is 3. The normalized spacial score (nSPS) is 29.3. The Balaban J connectivity index is 1.52. The van der Waals surface area contributed by atoms with Crippen molar-refractivity contribution in [3.05, 3.63) is 41.5 Å². The lowest BCUT2D eigenvalue weighted by molar-refractivity contribution is -0.156. The van der Waals surface area contributed by atoms with Gasteiger partial charge in [-0.05, 0) is 46.2 Å². The summed E-state index contributed by atoms with van der Waals surface area (Å²) >= 11 is 0. The minimum Gasteiger partial charge on any atom is -0.455 e. The number of hydrogen-bond donors (Lipinski definition) is 1. The first-order chi connectivity index (χ1) is 14.0. The zero-order valence-corrected chi connectivity index (χ0v) is 18.0. The molecule has 2 fully saturated rings. The van der Waals surface area contributed by atoms with E-state index < -0.39 is 35.0 Å². The third-order valence-corrected chi connectivity index (χ3v) is 5.88. The molecule has 3 aliphatic heterocycles. The van der Waals surface area contributed by atoms with E-state index in [1.807, 2.05) is 65.0 Å². The Labute approximate surface area is 176 Å². The first-order valence-corrected chi connectivity index (χ1v) is 10.2. The van der Waals surface area contributed by atoms with Gasteiger partial charge in [0.15, 0.2) is 6.61 Å². The van der Waals surface area contributed by atoms with Gasteiger partial charge in [-0.3, -0.25) is 14.4 Å². The third kappa shape index (κ3) is 3.41. The molecule has 2 bridgehead atoms. The van der Waals surface area contributed by atoms with Crippen LogP contribution in [0.4, 0.5) is 5.69 Å². The highest BCUT2D eigenvalue weighted by Gasteiger charge is 2.67. The van der Waals surface area contributed by atoms with Crippen LogP contribution in [0.15, 0.2) is 30.4 Å². The van der Waals surface area contributed by atoms with Crippen LogP contribution in [0.25, 0.3) is 0 Å². The van der Waals surface area contributed by atoms with Gasteiger partial charge in [-0.1, -0.05) is 29.8 Å². The van der Waals surface area contributed by atoms with Gasteiger partial charge < -0.3 is 19.7 Å². The predicted molar refractivity (Wildman–Crippen MR) is 111 cm³/mol. The smallest absolute Gasteiger partial charge is 0.313 e. The lowest BCUT2D eigenvalue weighted by Crippen LogP contribution is -2.44. The number of amides is 2. The van der Waals surface area contributed by atoms with E-state index in [1.54, 1.807) is 4.90 Å². The van der Waals surface area contributed by atoms with Gasteiger partial charge >= 0.3 is 5.97 Å². The van der Waals surface area contributed by atoms with Gasteiger partial charge in [0.05, 0.1) is 18.6 Å². The van der Waals surface area contributed by atoms with Gasteiger partial charge in [-0.2, -0.15) is 0 Å². The maximum atomic E-state index is 13.4. The van der Waals surface area contributed by atoms with Crippen molar-refractivity contribution in [1.29, 1.82) is 0 Å². The molecule has 2 amide bonds. The summed E-state index contributed by atoms with van der Waals surface area (Å²) in [4.78, 5) is 40.0. The van der Waals surface area contributed by atoms with Crippen LogP contribution in [0, 0.1) is 25.7 Å². The fourth-order valence-corrected chi connectivity index (χ4v) is 4.77. The van der Waals surface area contributed by atoms with Crippen molar-refractivity contribution >= 4 is 23.5 Å². The first-order valence-electron chi connectivity index (χ1n) is 10.2. The summed E-state index contributed by atoms with van der Waals surface area (Å²) in [7, 11) is 0. The zero-order valence-electron chi connectivity index (χ0n) is 18.0. The molecular weight excluding hydrogens is 384 g/mol. The summed E-state index contributed by atoms with van der Waals surface area (Å²) in [5.41, 5.74) is 1.70. The van der Waals surface area contributed by atoms with E-state index in [-0.39, 0.29) is 18.4 Å². The number of carbonyl (C=O) groups excluding carboxylic acids is 3. The summed E-state index contributed by atoms with van der Waals surface area (Å²) in [6, 6.07) is 5.93. The van der Waals surface area contributed by atoms with Crippen molar-refractivity contribution in [3.63, 3.8) is 0 Å². The average Bonchev–Trinajstić information content (AvgIpc) is 3.27. The standard InChI is InChI=1S/C23H28N2O5/c1-13-6-7-15(14(2)10-13)25-12-23-9-8-16(30-23)18(19(23)20(25)27)21(28)29-11-17(26)24-22(3,4)5/h6-10,16,18-19H,11-12H2,1-5H3,(H,24,26)/t16-,18+,19-,23+/m1/s1. The van der Waals surface area contributed by atoms with Gasteiger partial charge in [-0.15, -0.1) is 0 Å². The third-order valence-electron chi connectivity index (χ3n) is 5.88. The van der Waals surface area contributed by atoms with E-state index in [2.05, 4.69) is 5.32 Å². The van der Waals surface area contributed by atoms with Crippen LogP contribution in [0.2, 0.25) is 0 Å². The predicted octanol–water partition coefficient (Wildman–Crippen LogP) is 2.05. The quantitative estimate of drug-likeness (QED) is 0.604. The largest absolute Gasteiger partial charge is 0.455 e. The monoisotopic (exact) mass is 412 g/mol. The summed E-state index contributed by atoms with van der Waals surface area (Å²) in [5, 5.41) is 2.76. The molecule has 7 nitrogen and oxygen atoms in total. The number of benzene rings is 1. The van der Waals surface area contributed by atoms with Gasteiger partial charge in [0.2, 0.25) is 5.91 Å². The molecule has 1 N–H and O–H groups in total. The van der Waals surface area contributed by atoms with Crippen molar-refractivity contribution in [3.8, 4) is 0 Å². The number of hydrogen-bond acceptors (Lipinski definition) is 5. The zero-order chi connectivity index (χ0) is 21.8. The van der Waals surface area contributed by atoms with Crippen LogP contribution in [0.1, 0.15) is 31.9 Å². The number of nitrogens with one attached hydrogen (secondary N) is 1. The molecule has 1 spiro atoms.